The van der Waals surface area contributed by atoms with Gasteiger partial charge in [-0.15, -0.1) is 0 Å². The molecule has 1 aromatic heterocycles. The summed E-state index contributed by atoms with van der Waals surface area (Å²) in [6.07, 6.45) is 4.24. The average Bonchev–Trinajstić information content (AvgIpc) is 3.52. The monoisotopic (exact) mass is 831 g/mol. The second-order valence-corrected chi connectivity index (χ2v) is 18.7. The molecule has 10 nitrogen and oxygen atoms in total. The number of rotatable bonds is 17. The summed E-state index contributed by atoms with van der Waals surface area (Å²) in [6.45, 7) is 20.2. The number of anilines is 2. The number of nitrogens with zero attached hydrogens (tertiary/aromatic N) is 6. The van der Waals surface area contributed by atoms with E-state index in [9.17, 15) is 0 Å². The molecule has 2 N–H and O–H groups in total. The fraction of sp³-hybridized carbons (Fsp3) is 0.449. The van der Waals surface area contributed by atoms with Gasteiger partial charge in [0.1, 0.15) is 18.1 Å². The molecule has 60 heavy (non-hydrogen) atoms. The van der Waals surface area contributed by atoms with Crippen molar-refractivity contribution < 1.29 is 9.47 Å². The van der Waals surface area contributed by atoms with Gasteiger partial charge in [0.05, 0.1) is 18.0 Å². The molecule has 3 heterocycles. The van der Waals surface area contributed by atoms with Crippen molar-refractivity contribution in [2.75, 3.05) is 96.4 Å². The van der Waals surface area contributed by atoms with Crippen molar-refractivity contribution in [1.29, 1.82) is 0 Å². The molecular formula is C49H66N8O2S. The number of para-hydroxylation sites is 1. The Kier molecular flexibility index (Phi) is 14.8. The van der Waals surface area contributed by atoms with E-state index in [1.807, 2.05) is 11.7 Å². The number of ether oxygens (including phenoxy) is 2. The zero-order valence-corrected chi connectivity index (χ0v) is 37.8. The number of allylic oxidation sites excluding steroid dienone is 2. The number of piperazine rings is 2. The fourth-order valence-corrected chi connectivity index (χ4v) is 9.24. The minimum absolute atomic E-state index is 0.0157. The molecule has 0 spiro atoms. The molecule has 2 aliphatic heterocycles. The lowest BCUT2D eigenvalue weighted by atomic mass is 9.87. The van der Waals surface area contributed by atoms with Gasteiger partial charge in [-0.05, 0) is 80.6 Å². The Morgan fingerprint density at radius 1 is 0.883 bits per heavy atom. The molecule has 7 rings (SSSR count). The molecule has 4 aromatic carbocycles. The van der Waals surface area contributed by atoms with Crippen LogP contribution in [0.5, 0.6) is 11.5 Å². The molecule has 2 fully saturated rings. The predicted molar refractivity (Wildman–Crippen MR) is 253 cm³/mol. The van der Waals surface area contributed by atoms with Crippen molar-refractivity contribution in [1.82, 2.24) is 28.6 Å². The van der Waals surface area contributed by atoms with Crippen LogP contribution in [-0.2, 0) is 13.7 Å². The maximum atomic E-state index is 6.57. The van der Waals surface area contributed by atoms with E-state index in [0.29, 0.717) is 13.2 Å². The Labute approximate surface area is 363 Å². The third-order valence-corrected chi connectivity index (χ3v) is 12.2. The Morgan fingerprint density at radius 2 is 1.62 bits per heavy atom. The minimum Gasteiger partial charge on any atom is -0.493 e. The van der Waals surface area contributed by atoms with E-state index in [-0.39, 0.29) is 5.41 Å². The fourth-order valence-electron chi connectivity index (χ4n) is 8.45. The number of nitrogens with one attached hydrogen (secondary N) is 2. The quantitative estimate of drug-likeness (QED) is 0.0702. The van der Waals surface area contributed by atoms with Crippen LogP contribution in [0.15, 0.2) is 91.0 Å². The van der Waals surface area contributed by atoms with Crippen molar-refractivity contribution in [3.8, 4) is 22.6 Å². The third-order valence-electron chi connectivity index (χ3n) is 11.3. The lowest BCUT2D eigenvalue weighted by Crippen LogP contribution is -2.45. The van der Waals surface area contributed by atoms with Gasteiger partial charge in [0.2, 0.25) is 0 Å². The van der Waals surface area contributed by atoms with Crippen LogP contribution in [0.1, 0.15) is 50.6 Å². The van der Waals surface area contributed by atoms with Crippen molar-refractivity contribution in [2.45, 2.75) is 47.1 Å². The highest BCUT2D eigenvalue weighted by Crippen LogP contribution is 2.41. The van der Waals surface area contributed by atoms with Crippen LogP contribution in [0.4, 0.5) is 11.4 Å². The molecule has 0 radical (unpaired) electrons. The van der Waals surface area contributed by atoms with Gasteiger partial charge >= 0.3 is 0 Å². The number of benzene rings is 4. The highest BCUT2D eigenvalue weighted by molar-refractivity contribution is 7.94. The molecule has 0 atom stereocenters. The van der Waals surface area contributed by atoms with E-state index in [1.54, 1.807) is 12.1 Å². The largest absolute Gasteiger partial charge is 0.493 e. The van der Waals surface area contributed by atoms with E-state index in [4.69, 9.17) is 14.6 Å². The van der Waals surface area contributed by atoms with Crippen molar-refractivity contribution >= 4 is 39.9 Å². The molecule has 0 bridgehead atoms. The van der Waals surface area contributed by atoms with Crippen LogP contribution >= 0.6 is 12.1 Å². The normalized spacial score (nSPS) is 15.9. The lowest BCUT2D eigenvalue weighted by molar-refractivity contribution is 0.249. The third kappa shape index (κ3) is 11.4. The Bertz CT molecular complexity index is 2170. The molecule has 2 saturated heterocycles. The van der Waals surface area contributed by atoms with E-state index < -0.39 is 0 Å². The summed E-state index contributed by atoms with van der Waals surface area (Å²) < 4.78 is 19.6. The molecule has 0 aliphatic carbocycles. The first-order valence-electron chi connectivity index (χ1n) is 21.8. The van der Waals surface area contributed by atoms with Gasteiger partial charge < -0.3 is 25.0 Å². The van der Waals surface area contributed by atoms with Crippen molar-refractivity contribution in [2.24, 2.45) is 12.5 Å². The van der Waals surface area contributed by atoms with E-state index in [1.165, 1.54) is 22.2 Å². The molecule has 0 amide bonds. The second-order valence-electron chi connectivity index (χ2n) is 17.3. The van der Waals surface area contributed by atoms with Crippen LogP contribution in [-0.4, -0.2) is 109 Å². The maximum Gasteiger partial charge on any atom is 0.131 e. The first-order chi connectivity index (χ1) is 29.0. The second kappa shape index (κ2) is 20.4. The predicted octanol–water partition coefficient (Wildman–Crippen LogP) is 8.98. The SMILES string of the molecule is Cc1nn(C)c(COc2ccc(N3CCN(SN(C)C)CC3)cc2)c1-c1cccc(/C(=C/C(C)(C)C)CCCOc2cccc3ccccc23)c1NCCN1CCNCC1. The van der Waals surface area contributed by atoms with Crippen LogP contribution in [0, 0.1) is 12.3 Å². The summed E-state index contributed by atoms with van der Waals surface area (Å²) in [4.78, 5) is 5.01. The first-order valence-corrected chi connectivity index (χ1v) is 22.5. The Hall–Kier alpha value is -4.52. The van der Waals surface area contributed by atoms with Crippen LogP contribution in [0.3, 0.4) is 0 Å². The van der Waals surface area contributed by atoms with Gasteiger partial charge in [-0.3, -0.25) is 9.58 Å². The summed E-state index contributed by atoms with van der Waals surface area (Å²) in [6, 6.07) is 30.1. The van der Waals surface area contributed by atoms with Crippen LogP contribution < -0.4 is 25.0 Å². The van der Waals surface area contributed by atoms with Crippen LogP contribution in [0.2, 0.25) is 0 Å². The summed E-state index contributed by atoms with van der Waals surface area (Å²) >= 11 is 1.80. The molecule has 0 unspecified atom stereocenters. The van der Waals surface area contributed by atoms with Gasteiger partial charge in [-0.2, -0.15) is 5.10 Å². The smallest absolute Gasteiger partial charge is 0.131 e. The van der Waals surface area contributed by atoms with Gasteiger partial charge in [0, 0.05) is 118 Å². The van der Waals surface area contributed by atoms with Gasteiger partial charge in [0.15, 0.2) is 0 Å². The zero-order valence-electron chi connectivity index (χ0n) is 37.0. The van der Waals surface area contributed by atoms with E-state index in [0.717, 1.165) is 123 Å². The maximum absolute atomic E-state index is 6.57. The molecule has 2 aliphatic rings. The van der Waals surface area contributed by atoms with E-state index >= 15 is 0 Å². The zero-order chi connectivity index (χ0) is 42.1. The average molecular weight is 831 g/mol. The minimum atomic E-state index is -0.0157. The van der Waals surface area contributed by atoms with Gasteiger partial charge in [0.25, 0.3) is 0 Å². The number of hydrogen-bond acceptors (Lipinski definition) is 10. The lowest BCUT2D eigenvalue weighted by Gasteiger charge is -2.36. The van der Waals surface area contributed by atoms with Gasteiger partial charge in [-0.1, -0.05) is 81.4 Å². The number of hydrogen-bond donors (Lipinski definition) is 2. The number of fused-ring (bicyclic) bond motifs is 1. The molecule has 320 valence electrons. The summed E-state index contributed by atoms with van der Waals surface area (Å²) in [5.41, 5.74) is 9.27. The first kappa shape index (κ1) is 43.6. The van der Waals surface area contributed by atoms with Crippen LogP contribution in [0.25, 0.3) is 27.5 Å². The summed E-state index contributed by atoms with van der Waals surface area (Å²) in [7, 11) is 6.24. The van der Waals surface area contributed by atoms with Crippen molar-refractivity contribution in [3.63, 3.8) is 0 Å². The van der Waals surface area contributed by atoms with Gasteiger partial charge in [-0.25, -0.2) is 8.61 Å². The Balaban J connectivity index is 1.13. The molecule has 5 aromatic rings. The van der Waals surface area contributed by atoms with E-state index in [2.05, 4.69) is 162 Å². The highest BCUT2D eigenvalue weighted by atomic mass is 32.2. The highest BCUT2D eigenvalue weighted by Gasteiger charge is 2.24. The summed E-state index contributed by atoms with van der Waals surface area (Å²) in [5.74, 6) is 1.80. The molecular weight excluding hydrogens is 765 g/mol. The Morgan fingerprint density at radius 3 is 2.37 bits per heavy atom. The topological polar surface area (TPSA) is 73.3 Å². The number of aryl methyl sites for hydroxylation is 2. The molecule has 0 saturated carbocycles. The standard InChI is InChI=1S/C49H66N8O2S/c1-37-47(45(54(7)52-37)36-59-41-22-20-40(21-23-41)56-30-32-57(33-31-56)60-53(5)6)44-18-11-17-43(48(44)51-26-29-55-27-24-50-25-28-55)39(35-49(2,3)4)15-12-34-58-46-19-10-14-38-13-8-9-16-42(38)46/h8-11,13-14,16-23,35,50-51H,12,15,24-34,36H2,1-7H3/b39-35+. The summed E-state index contributed by atoms with van der Waals surface area (Å²) in [5, 5.41) is 14.8. The molecule has 11 heteroatoms. The number of aromatic nitrogens is 2. The van der Waals surface area contributed by atoms with Crippen molar-refractivity contribution in [3.05, 3.63) is 108 Å².